The zero-order chi connectivity index (χ0) is 32.6. The number of hydrogen-bond acceptors (Lipinski definition) is 8. The van der Waals surface area contributed by atoms with E-state index in [1.54, 1.807) is 18.2 Å². The fourth-order valence-corrected chi connectivity index (χ4v) is 6.53. The van der Waals surface area contributed by atoms with Crippen molar-refractivity contribution in [2.45, 2.75) is 51.2 Å². The van der Waals surface area contributed by atoms with E-state index >= 15 is 0 Å². The summed E-state index contributed by atoms with van der Waals surface area (Å²) in [4.78, 5) is 6.96. The van der Waals surface area contributed by atoms with Crippen LogP contribution in [0.1, 0.15) is 50.8 Å². The fourth-order valence-electron chi connectivity index (χ4n) is 5.96. The lowest BCUT2D eigenvalue weighted by molar-refractivity contribution is 0.0570. The molecule has 46 heavy (non-hydrogen) atoms. The molecule has 0 amide bonds. The molecular formula is C34H34Cl3FN8. The van der Waals surface area contributed by atoms with E-state index in [4.69, 9.17) is 34.8 Å². The lowest BCUT2D eigenvalue weighted by Crippen LogP contribution is -2.52. The SMILES string of the molecule is CC(C)(C)N1CCC(N2C=C([C@@H](Nc3cc(Cl)c4ncc(C#N)c(Nc5cccc(Cl)c5F)c4c3)c3ccc(Cl)cc3)NN2)CC1. The number of pyridine rings is 1. The van der Waals surface area contributed by atoms with Crippen molar-refractivity contribution < 1.29 is 4.39 Å². The molecule has 3 aromatic carbocycles. The Bertz CT molecular complexity index is 1830. The summed E-state index contributed by atoms with van der Waals surface area (Å²) in [6.45, 7) is 8.83. The number of nitrogens with one attached hydrogen (secondary N) is 4. The van der Waals surface area contributed by atoms with Gasteiger partial charge in [0.1, 0.15) is 6.07 Å². The molecule has 0 radical (unpaired) electrons. The van der Waals surface area contributed by atoms with Gasteiger partial charge in [-0.25, -0.2) is 4.39 Å². The summed E-state index contributed by atoms with van der Waals surface area (Å²) < 4.78 is 14.9. The number of halogens is 4. The van der Waals surface area contributed by atoms with Crippen molar-refractivity contribution in [2.75, 3.05) is 23.7 Å². The molecule has 6 rings (SSSR count). The maximum atomic E-state index is 14.9. The van der Waals surface area contributed by atoms with E-state index in [2.05, 4.69) is 69.5 Å². The first-order chi connectivity index (χ1) is 22.0. The average molecular weight is 680 g/mol. The number of rotatable bonds is 7. The Hall–Kier alpha value is -3.78. The number of anilines is 3. The third-order valence-corrected chi connectivity index (χ3v) is 9.33. The topological polar surface area (TPSA) is 91.3 Å². The van der Waals surface area contributed by atoms with Gasteiger partial charge in [-0.1, -0.05) is 53.0 Å². The van der Waals surface area contributed by atoms with Crippen molar-refractivity contribution in [3.63, 3.8) is 0 Å². The first kappa shape index (κ1) is 32.2. The second-order valence-electron chi connectivity index (χ2n) is 12.5. The van der Waals surface area contributed by atoms with Crippen molar-refractivity contribution in [3.8, 4) is 6.07 Å². The number of piperidine rings is 1. The Kier molecular flexibility index (Phi) is 9.19. The number of hydrazine groups is 2. The van der Waals surface area contributed by atoms with E-state index in [9.17, 15) is 9.65 Å². The molecule has 4 aromatic rings. The van der Waals surface area contributed by atoms with Crippen molar-refractivity contribution in [1.82, 2.24) is 25.9 Å². The van der Waals surface area contributed by atoms with Gasteiger partial charge in [-0.05, 0) is 75.6 Å². The van der Waals surface area contributed by atoms with E-state index in [1.165, 1.54) is 12.3 Å². The Labute approximate surface area is 283 Å². The van der Waals surface area contributed by atoms with Gasteiger partial charge in [-0.15, -0.1) is 5.53 Å². The number of benzene rings is 3. The third-order valence-electron chi connectivity index (χ3n) is 8.50. The van der Waals surface area contributed by atoms with Gasteiger partial charge in [-0.2, -0.15) is 5.26 Å². The van der Waals surface area contributed by atoms with Gasteiger partial charge in [0, 0.05) is 53.2 Å². The van der Waals surface area contributed by atoms with Gasteiger partial charge in [0.25, 0.3) is 0 Å². The van der Waals surface area contributed by atoms with E-state index < -0.39 is 5.82 Å². The molecule has 2 aliphatic heterocycles. The number of fused-ring (bicyclic) bond motifs is 1. The number of nitriles is 1. The summed E-state index contributed by atoms with van der Waals surface area (Å²) >= 11 is 19.1. The van der Waals surface area contributed by atoms with Crippen molar-refractivity contribution in [1.29, 1.82) is 5.26 Å². The van der Waals surface area contributed by atoms with Crippen LogP contribution in [0.4, 0.5) is 21.5 Å². The fraction of sp³-hybridized carbons (Fsp3) is 0.294. The maximum absolute atomic E-state index is 14.9. The molecule has 238 valence electrons. The number of hydrogen-bond donors (Lipinski definition) is 4. The molecule has 3 heterocycles. The highest BCUT2D eigenvalue weighted by Crippen LogP contribution is 2.38. The molecule has 0 bridgehead atoms. The predicted molar refractivity (Wildman–Crippen MR) is 185 cm³/mol. The third kappa shape index (κ3) is 6.68. The normalized spacial score (nSPS) is 16.6. The molecule has 1 fully saturated rings. The summed E-state index contributed by atoms with van der Waals surface area (Å²) in [7, 11) is 0. The summed E-state index contributed by atoms with van der Waals surface area (Å²) in [5.74, 6) is -0.624. The monoisotopic (exact) mass is 678 g/mol. The molecular weight excluding hydrogens is 646 g/mol. The molecule has 12 heteroatoms. The van der Waals surface area contributed by atoms with E-state index in [0.29, 0.717) is 38.4 Å². The van der Waals surface area contributed by atoms with Crippen molar-refractivity contribution in [2.24, 2.45) is 0 Å². The molecule has 1 atom stereocenters. The summed E-state index contributed by atoms with van der Waals surface area (Å²) in [5.41, 5.74) is 10.6. The Morgan fingerprint density at radius 2 is 1.78 bits per heavy atom. The van der Waals surface area contributed by atoms with E-state index in [0.717, 1.165) is 37.2 Å². The summed E-state index contributed by atoms with van der Waals surface area (Å²) in [5, 5.41) is 20.3. The number of nitrogens with zero attached hydrogens (tertiary/aromatic N) is 4. The van der Waals surface area contributed by atoms with Crippen LogP contribution in [0.25, 0.3) is 10.9 Å². The minimum absolute atomic E-state index is 0.0344. The smallest absolute Gasteiger partial charge is 0.165 e. The first-order valence-electron chi connectivity index (χ1n) is 15.0. The van der Waals surface area contributed by atoms with Gasteiger partial charge in [-0.3, -0.25) is 14.9 Å². The second-order valence-corrected chi connectivity index (χ2v) is 13.7. The van der Waals surface area contributed by atoms with Crippen LogP contribution in [0.15, 0.2) is 72.7 Å². The molecule has 0 spiro atoms. The summed E-state index contributed by atoms with van der Waals surface area (Å²) in [6, 6.07) is 18.1. The number of aromatic nitrogens is 1. The molecule has 0 aliphatic carbocycles. The zero-order valence-corrected chi connectivity index (χ0v) is 27.9. The van der Waals surface area contributed by atoms with E-state index in [1.807, 2.05) is 30.3 Å². The Morgan fingerprint density at radius 1 is 1.04 bits per heavy atom. The van der Waals surface area contributed by atoms with Crippen molar-refractivity contribution in [3.05, 3.63) is 105 Å². The molecule has 1 aromatic heterocycles. The minimum Gasteiger partial charge on any atom is -0.373 e. The maximum Gasteiger partial charge on any atom is 0.165 e. The highest BCUT2D eigenvalue weighted by Gasteiger charge is 2.32. The van der Waals surface area contributed by atoms with Gasteiger partial charge in [0.05, 0.1) is 44.2 Å². The largest absolute Gasteiger partial charge is 0.373 e. The van der Waals surface area contributed by atoms with Crippen LogP contribution in [0.2, 0.25) is 15.1 Å². The molecule has 0 saturated carbocycles. The van der Waals surface area contributed by atoms with Crippen LogP contribution in [0.3, 0.4) is 0 Å². The molecule has 8 nitrogen and oxygen atoms in total. The molecule has 0 unspecified atom stereocenters. The summed E-state index contributed by atoms with van der Waals surface area (Å²) in [6.07, 6.45) is 5.59. The van der Waals surface area contributed by atoms with Gasteiger partial charge < -0.3 is 16.1 Å². The molecule has 1 saturated heterocycles. The Balaban J connectivity index is 1.35. The lowest BCUT2D eigenvalue weighted by atomic mass is 9.98. The average Bonchev–Trinajstić information content (AvgIpc) is 3.53. The van der Waals surface area contributed by atoms with Gasteiger partial charge >= 0.3 is 0 Å². The van der Waals surface area contributed by atoms with Crippen molar-refractivity contribution >= 4 is 62.8 Å². The first-order valence-corrected chi connectivity index (χ1v) is 16.2. The highest BCUT2D eigenvalue weighted by molar-refractivity contribution is 6.36. The Morgan fingerprint density at radius 3 is 2.48 bits per heavy atom. The second kappa shape index (κ2) is 13.1. The van der Waals surface area contributed by atoms with Crippen LogP contribution < -0.4 is 21.6 Å². The van der Waals surface area contributed by atoms with Gasteiger partial charge in [0.2, 0.25) is 0 Å². The quantitative estimate of drug-likeness (QED) is 0.155. The van der Waals surface area contributed by atoms with Crippen LogP contribution in [0, 0.1) is 17.1 Å². The molecule has 2 aliphatic rings. The van der Waals surface area contributed by atoms with Crippen LogP contribution >= 0.6 is 34.8 Å². The minimum atomic E-state index is -0.624. The van der Waals surface area contributed by atoms with Gasteiger partial charge in [0.15, 0.2) is 5.82 Å². The molecule has 4 N–H and O–H groups in total. The van der Waals surface area contributed by atoms with E-state index in [-0.39, 0.29) is 27.9 Å². The lowest BCUT2D eigenvalue weighted by Gasteiger charge is -2.42. The zero-order valence-electron chi connectivity index (χ0n) is 25.6. The standard InChI is InChI=1S/C34H34Cl3FN8/c1-34(2,3)45-13-11-24(12-14-45)46-19-29(43-44-46)32(20-7-9-22(35)10-8-20)41-23-15-25-31(42-28-6-4-5-26(36)30(28)38)21(17-39)18-40-33(25)27(37)16-23/h4-10,15-16,18-19,24,32,41,43-44H,11-14H2,1-3H3,(H,40,42)/t32-/m0/s1. The predicted octanol–water partition coefficient (Wildman–Crippen LogP) is 8.53. The van der Waals surface area contributed by atoms with Crippen LogP contribution in [-0.4, -0.2) is 39.6 Å². The van der Waals surface area contributed by atoms with Crippen LogP contribution in [0.5, 0.6) is 0 Å². The van der Waals surface area contributed by atoms with Crippen LogP contribution in [-0.2, 0) is 0 Å². The highest BCUT2D eigenvalue weighted by atomic mass is 35.5. The number of likely N-dealkylation sites (tertiary alicyclic amines) is 1.